The van der Waals surface area contributed by atoms with Crippen molar-refractivity contribution in [3.8, 4) is 0 Å². The number of amides is 2. The van der Waals surface area contributed by atoms with E-state index in [9.17, 15) is 9.59 Å². The third-order valence-electron chi connectivity index (χ3n) is 15.2. The van der Waals surface area contributed by atoms with Gasteiger partial charge in [-0.15, -0.1) is 0 Å². The number of aromatic nitrogens is 2. The lowest BCUT2D eigenvalue weighted by Gasteiger charge is -2.31. The van der Waals surface area contributed by atoms with Crippen molar-refractivity contribution in [2.24, 2.45) is 11.8 Å². The highest BCUT2D eigenvalue weighted by Crippen LogP contribution is 2.29. The van der Waals surface area contributed by atoms with E-state index in [1.54, 1.807) is 0 Å². The molecule has 9 heteroatoms. The molecule has 400 valence electrons. The largest absolute Gasteiger partial charge is 0.494 e. The first-order chi connectivity index (χ1) is 36.0. The molecular formula is C65H92N6O3. The second kappa shape index (κ2) is 31.2. The Morgan fingerprint density at radius 2 is 0.743 bits per heavy atom. The third kappa shape index (κ3) is 18.6. The van der Waals surface area contributed by atoms with E-state index in [-0.39, 0.29) is 41.8 Å². The normalized spacial score (nSPS) is 13.6. The monoisotopic (exact) mass is 1000 g/mol. The van der Waals surface area contributed by atoms with Crippen LogP contribution in [0, 0.1) is 11.8 Å². The van der Waals surface area contributed by atoms with Crippen molar-refractivity contribution in [2.45, 2.75) is 214 Å². The quantitative estimate of drug-likeness (QED) is 0.0176. The fourth-order valence-corrected chi connectivity index (χ4v) is 10.5. The molecule has 0 aliphatic rings. The molecule has 2 amide bonds. The van der Waals surface area contributed by atoms with Crippen LogP contribution in [0.25, 0.3) is 43.6 Å². The van der Waals surface area contributed by atoms with Crippen LogP contribution in [0.5, 0.6) is 0 Å². The van der Waals surface area contributed by atoms with Gasteiger partial charge in [-0.3, -0.25) is 9.59 Å². The number of nitrogens with zero attached hydrogens (tertiary/aromatic N) is 2. The zero-order chi connectivity index (χ0) is 52.5. The maximum absolute atomic E-state index is 13.2. The van der Waals surface area contributed by atoms with Gasteiger partial charge in [-0.2, -0.15) is 0 Å². The second-order valence-electron chi connectivity index (χ2n) is 21.7. The summed E-state index contributed by atoms with van der Waals surface area (Å²) in [7, 11) is 0. The van der Waals surface area contributed by atoms with Crippen LogP contribution in [0.2, 0.25) is 0 Å². The Hall–Kier alpha value is -5.70. The van der Waals surface area contributed by atoms with E-state index >= 15 is 0 Å². The van der Waals surface area contributed by atoms with Crippen molar-refractivity contribution < 1.29 is 14.3 Å². The standard InChI is InChI=1S/C65H92N6O3/c1-8-11-13-15-17-19-21-23-25-27-29-31-47(4)64(72)68-57-39-35-53-41-51-33-37-55(43-59(51)70-61(53)45-57)66-49(6)63(74-10-3)50(7)67-56-38-34-52-42-54-36-40-58(46-62(54)71-60(52)44-56)69-65(73)48(5)32-30-28-26-24-22-20-18-16-14-12-9-2/h10,33-50,63,66-67H,3,8-9,11-32H2,1-2,4-7H3,(H,68,72)(H,69,73). The molecule has 0 saturated carbocycles. The van der Waals surface area contributed by atoms with E-state index in [1.165, 1.54) is 135 Å². The Kier molecular flexibility index (Phi) is 24.3. The molecule has 0 radical (unpaired) electrons. The number of hydrogen-bond acceptors (Lipinski definition) is 7. The molecule has 4 atom stereocenters. The minimum atomic E-state index is -0.278. The molecule has 0 spiro atoms. The minimum Gasteiger partial charge on any atom is -0.494 e. The van der Waals surface area contributed by atoms with Crippen molar-refractivity contribution in [1.82, 2.24) is 9.97 Å². The fourth-order valence-electron chi connectivity index (χ4n) is 10.5. The topological polar surface area (TPSA) is 117 Å². The smallest absolute Gasteiger partial charge is 0.227 e. The van der Waals surface area contributed by atoms with Crippen molar-refractivity contribution in [3.05, 3.63) is 97.8 Å². The summed E-state index contributed by atoms with van der Waals surface area (Å²) in [6.45, 7) is 16.8. The molecule has 0 aliphatic heterocycles. The molecule has 9 nitrogen and oxygen atoms in total. The van der Waals surface area contributed by atoms with Gasteiger partial charge in [-0.1, -0.05) is 200 Å². The van der Waals surface area contributed by atoms with Crippen LogP contribution in [-0.4, -0.2) is 40.0 Å². The molecule has 0 aliphatic carbocycles. The number of hydrogen-bond donors (Lipinski definition) is 4. The first kappa shape index (κ1) is 57.6. The zero-order valence-corrected chi connectivity index (χ0v) is 46.3. The van der Waals surface area contributed by atoms with Gasteiger partial charge in [0.2, 0.25) is 11.8 Å². The Morgan fingerprint density at radius 3 is 1.07 bits per heavy atom. The van der Waals surface area contributed by atoms with Crippen LogP contribution in [0.3, 0.4) is 0 Å². The number of unbranched alkanes of at least 4 members (excludes halogenated alkanes) is 20. The Bertz CT molecular complexity index is 2490. The summed E-state index contributed by atoms with van der Waals surface area (Å²) in [5.41, 5.74) is 6.81. The number of nitrogens with one attached hydrogen (secondary N) is 4. The first-order valence-corrected chi connectivity index (χ1v) is 29.2. The lowest BCUT2D eigenvalue weighted by atomic mass is 10.0. The number of anilines is 4. The molecule has 2 heterocycles. The molecule has 74 heavy (non-hydrogen) atoms. The summed E-state index contributed by atoms with van der Waals surface area (Å²) < 4.78 is 6.18. The van der Waals surface area contributed by atoms with Gasteiger partial charge < -0.3 is 26.0 Å². The molecule has 0 bridgehead atoms. The number of fused-ring (bicyclic) bond motifs is 4. The lowest BCUT2D eigenvalue weighted by molar-refractivity contribution is -0.120. The Labute approximate surface area is 445 Å². The van der Waals surface area contributed by atoms with Crippen LogP contribution in [0.4, 0.5) is 22.7 Å². The highest BCUT2D eigenvalue weighted by molar-refractivity contribution is 5.99. The Balaban J connectivity index is 0.986. The van der Waals surface area contributed by atoms with Gasteiger partial charge in [-0.05, 0) is 87.4 Å². The van der Waals surface area contributed by atoms with Gasteiger partial charge in [0.25, 0.3) is 0 Å². The van der Waals surface area contributed by atoms with Crippen LogP contribution >= 0.6 is 0 Å². The summed E-state index contributed by atoms with van der Waals surface area (Å²) in [6.07, 6.45) is 31.8. The molecule has 0 fully saturated rings. The maximum atomic E-state index is 13.2. The molecule has 6 aromatic rings. The summed E-state index contributed by atoms with van der Waals surface area (Å²) in [5, 5.41) is 17.8. The van der Waals surface area contributed by atoms with Crippen molar-refractivity contribution >= 4 is 78.2 Å². The van der Waals surface area contributed by atoms with Gasteiger partial charge in [0.05, 0.1) is 40.4 Å². The van der Waals surface area contributed by atoms with E-state index < -0.39 is 0 Å². The number of pyridine rings is 2. The lowest BCUT2D eigenvalue weighted by Crippen LogP contribution is -2.43. The predicted molar refractivity (Wildman–Crippen MR) is 317 cm³/mol. The highest BCUT2D eigenvalue weighted by atomic mass is 16.5. The van der Waals surface area contributed by atoms with Gasteiger partial charge in [0.1, 0.15) is 6.10 Å². The summed E-state index contributed by atoms with van der Waals surface area (Å²) >= 11 is 0. The van der Waals surface area contributed by atoms with Crippen LogP contribution < -0.4 is 21.3 Å². The van der Waals surface area contributed by atoms with Crippen molar-refractivity contribution in [1.29, 1.82) is 0 Å². The molecule has 4 N–H and O–H groups in total. The van der Waals surface area contributed by atoms with Crippen molar-refractivity contribution in [2.75, 3.05) is 21.3 Å². The van der Waals surface area contributed by atoms with E-state index in [0.29, 0.717) is 0 Å². The van der Waals surface area contributed by atoms with Gasteiger partial charge in [0, 0.05) is 56.1 Å². The number of carbonyl (C=O) groups is 2. The molecule has 4 aromatic carbocycles. The summed E-state index contributed by atoms with van der Waals surface area (Å²) in [6, 6.07) is 28.6. The van der Waals surface area contributed by atoms with E-state index in [0.717, 1.165) is 92.0 Å². The average molecular weight is 1010 g/mol. The Morgan fingerprint density at radius 1 is 0.446 bits per heavy atom. The number of ether oxygens (including phenoxy) is 1. The summed E-state index contributed by atoms with van der Waals surface area (Å²) in [4.78, 5) is 36.5. The van der Waals surface area contributed by atoms with E-state index in [1.807, 2.05) is 50.2 Å². The molecule has 4 unspecified atom stereocenters. The van der Waals surface area contributed by atoms with Gasteiger partial charge >= 0.3 is 0 Å². The maximum Gasteiger partial charge on any atom is 0.227 e. The molecule has 0 saturated heterocycles. The number of benzene rings is 4. The first-order valence-electron chi connectivity index (χ1n) is 29.2. The minimum absolute atomic E-state index is 0.0410. The summed E-state index contributed by atoms with van der Waals surface area (Å²) in [5.74, 6) is 0.0472. The van der Waals surface area contributed by atoms with Gasteiger partial charge in [-0.25, -0.2) is 9.97 Å². The average Bonchev–Trinajstić information content (AvgIpc) is 3.39. The highest BCUT2D eigenvalue weighted by Gasteiger charge is 2.25. The third-order valence-corrected chi connectivity index (χ3v) is 15.2. The number of carbonyl (C=O) groups excluding carboxylic acids is 2. The van der Waals surface area contributed by atoms with Crippen LogP contribution in [-0.2, 0) is 14.3 Å². The predicted octanol–water partition coefficient (Wildman–Crippen LogP) is 18.5. The molecule has 2 aromatic heterocycles. The van der Waals surface area contributed by atoms with Gasteiger partial charge in [0.15, 0.2) is 0 Å². The zero-order valence-electron chi connectivity index (χ0n) is 46.3. The number of rotatable bonds is 36. The molecular weight excluding hydrogens is 913 g/mol. The van der Waals surface area contributed by atoms with E-state index in [4.69, 9.17) is 14.7 Å². The van der Waals surface area contributed by atoms with E-state index in [2.05, 4.69) is 104 Å². The molecule has 6 rings (SSSR count). The van der Waals surface area contributed by atoms with Crippen LogP contribution in [0.1, 0.15) is 196 Å². The fraction of sp³-hybridized carbons (Fsp3) is 0.538. The van der Waals surface area contributed by atoms with Crippen molar-refractivity contribution in [3.63, 3.8) is 0 Å². The SMILES string of the molecule is C=COC(C(C)Nc1ccc2cc3ccc(NC(=O)C(C)CCCCCCCCCCCCC)cc3nc2c1)C(C)Nc1ccc2cc3ccc(NC(=O)C(C)CCCCCCCCCCCCC)cc3nc2c1. The van der Waals surface area contributed by atoms with Crippen LogP contribution in [0.15, 0.2) is 97.8 Å². The second-order valence-corrected chi connectivity index (χ2v) is 21.7.